The predicted molar refractivity (Wildman–Crippen MR) is 109 cm³/mol. The van der Waals surface area contributed by atoms with Crippen molar-refractivity contribution in [1.29, 1.82) is 0 Å². The number of benzene rings is 2. The zero-order valence-corrected chi connectivity index (χ0v) is 16.1. The van der Waals surface area contributed by atoms with Gasteiger partial charge in [0.15, 0.2) is 0 Å². The van der Waals surface area contributed by atoms with Crippen LogP contribution in [0.4, 0.5) is 11.4 Å². The Morgan fingerprint density at radius 2 is 1.69 bits per heavy atom. The number of anilines is 2. The largest absolute Gasteiger partial charge is 0.463 e. The van der Waals surface area contributed by atoms with Gasteiger partial charge in [-0.25, -0.2) is 9.80 Å². The molecular weight excluding hydrogens is 370 g/mol. The molecule has 2 aromatic carbocycles. The van der Waals surface area contributed by atoms with Crippen LogP contribution in [0.5, 0.6) is 0 Å². The fourth-order valence-electron chi connectivity index (χ4n) is 3.56. The van der Waals surface area contributed by atoms with E-state index < -0.39 is 11.8 Å². The summed E-state index contributed by atoms with van der Waals surface area (Å²) in [5.41, 5.74) is 2.20. The molecule has 29 heavy (non-hydrogen) atoms. The Kier molecular flexibility index (Phi) is 5.50. The van der Waals surface area contributed by atoms with Crippen molar-refractivity contribution in [3.05, 3.63) is 66.5 Å². The summed E-state index contributed by atoms with van der Waals surface area (Å²) in [4.78, 5) is 28.5. The molecule has 4 rings (SSSR count). The molecule has 1 saturated heterocycles. The zero-order chi connectivity index (χ0) is 20.2. The van der Waals surface area contributed by atoms with E-state index in [4.69, 9.17) is 4.74 Å². The number of carbonyl (C=O) groups is 2. The smallest absolute Gasteiger partial charge is 0.379 e. The van der Waals surface area contributed by atoms with Gasteiger partial charge in [0.1, 0.15) is 0 Å². The number of hydrazine groups is 1. The third-order valence-corrected chi connectivity index (χ3v) is 4.92. The number of morpholine rings is 1. The lowest BCUT2D eigenvalue weighted by Gasteiger charge is -2.39. The van der Waals surface area contributed by atoms with E-state index in [1.165, 1.54) is 7.11 Å². The Balaban J connectivity index is 1.88. The van der Waals surface area contributed by atoms with Gasteiger partial charge in [0.2, 0.25) is 0 Å². The minimum Gasteiger partial charge on any atom is -0.463 e. The third-order valence-electron chi connectivity index (χ3n) is 4.92. The first-order valence-electron chi connectivity index (χ1n) is 9.38. The molecule has 2 heterocycles. The summed E-state index contributed by atoms with van der Waals surface area (Å²) < 4.78 is 10.2. The van der Waals surface area contributed by atoms with Gasteiger partial charge in [0.05, 0.1) is 31.7 Å². The van der Waals surface area contributed by atoms with E-state index in [0.717, 1.165) is 29.9 Å². The van der Waals surface area contributed by atoms with Gasteiger partial charge in [-0.15, -0.1) is 0 Å². The van der Waals surface area contributed by atoms with Gasteiger partial charge >= 0.3 is 5.97 Å². The first kappa shape index (κ1) is 19.0. The van der Waals surface area contributed by atoms with Gasteiger partial charge in [-0.2, -0.15) is 0 Å². The summed E-state index contributed by atoms with van der Waals surface area (Å²) in [6.45, 7) is 2.75. The summed E-state index contributed by atoms with van der Waals surface area (Å²) in [6, 6.07) is 15.0. The van der Waals surface area contributed by atoms with Gasteiger partial charge in [0, 0.05) is 36.4 Å². The van der Waals surface area contributed by atoms with Crippen molar-refractivity contribution in [2.75, 3.05) is 38.4 Å². The number of rotatable bonds is 5. The van der Waals surface area contributed by atoms with E-state index in [1.807, 2.05) is 42.5 Å². The second kappa shape index (κ2) is 8.38. The molecule has 3 aromatic rings. The standard InChI is InChI=1S/C22H21N3O4/c1-28-22(27)21(26)19-6-7-20(18-5-3-2-4-17(18)19)25(16-8-10-23-11-9-16)24-12-14-29-15-13-24/h2-11H,12-15H2,1H3. The molecule has 0 radical (unpaired) electrons. The maximum Gasteiger partial charge on any atom is 0.379 e. The number of Topliss-reactive ketones (excluding diaryl/α,β-unsaturated/α-hetero) is 1. The molecule has 0 spiro atoms. The van der Waals surface area contributed by atoms with Crippen LogP contribution in [0, 0.1) is 0 Å². The van der Waals surface area contributed by atoms with Gasteiger partial charge in [-0.05, 0) is 29.7 Å². The van der Waals surface area contributed by atoms with Gasteiger partial charge in [-0.3, -0.25) is 14.8 Å². The van der Waals surface area contributed by atoms with Crippen molar-refractivity contribution in [2.24, 2.45) is 0 Å². The average Bonchev–Trinajstić information content (AvgIpc) is 2.80. The van der Waals surface area contributed by atoms with Crippen LogP contribution in [0.25, 0.3) is 10.8 Å². The molecule has 0 saturated carbocycles. The fraction of sp³-hybridized carbons (Fsp3) is 0.227. The zero-order valence-electron chi connectivity index (χ0n) is 16.1. The first-order chi connectivity index (χ1) is 14.2. The number of pyridine rings is 1. The number of methoxy groups -OCH3 is 1. The number of carbonyl (C=O) groups excluding carboxylic acids is 2. The number of fused-ring (bicyclic) bond motifs is 1. The van der Waals surface area contributed by atoms with Crippen molar-refractivity contribution < 1.29 is 19.1 Å². The number of nitrogens with zero attached hydrogens (tertiary/aromatic N) is 3. The summed E-state index contributed by atoms with van der Waals surface area (Å²) >= 11 is 0. The SMILES string of the molecule is COC(=O)C(=O)c1ccc(N(c2ccncc2)N2CCOCC2)c2ccccc12. The van der Waals surface area contributed by atoms with Crippen LogP contribution in [-0.2, 0) is 14.3 Å². The van der Waals surface area contributed by atoms with Crippen molar-refractivity contribution in [2.45, 2.75) is 0 Å². The second-order valence-corrected chi connectivity index (χ2v) is 6.58. The normalized spacial score (nSPS) is 14.5. The molecule has 0 bridgehead atoms. The summed E-state index contributed by atoms with van der Waals surface area (Å²) in [7, 11) is 1.21. The number of aromatic nitrogens is 1. The highest BCUT2D eigenvalue weighted by Gasteiger charge is 2.25. The quantitative estimate of drug-likeness (QED) is 0.376. The molecule has 7 heteroatoms. The number of ketones is 1. The summed E-state index contributed by atoms with van der Waals surface area (Å²) in [6.07, 6.45) is 3.50. The molecule has 1 fully saturated rings. The van der Waals surface area contributed by atoms with Crippen molar-refractivity contribution in [3.8, 4) is 0 Å². The van der Waals surface area contributed by atoms with Crippen LogP contribution in [0.1, 0.15) is 10.4 Å². The Bertz CT molecular complexity index is 1030. The number of hydrogen-bond acceptors (Lipinski definition) is 7. The van der Waals surface area contributed by atoms with Crippen molar-refractivity contribution in [1.82, 2.24) is 9.99 Å². The minimum atomic E-state index is -0.873. The Morgan fingerprint density at radius 3 is 2.38 bits per heavy atom. The van der Waals surface area contributed by atoms with E-state index >= 15 is 0 Å². The monoisotopic (exact) mass is 391 g/mol. The highest BCUT2D eigenvalue weighted by molar-refractivity contribution is 6.43. The molecule has 1 aromatic heterocycles. The van der Waals surface area contributed by atoms with E-state index in [0.29, 0.717) is 24.2 Å². The average molecular weight is 391 g/mol. The van der Waals surface area contributed by atoms with E-state index in [2.05, 4.69) is 19.7 Å². The van der Waals surface area contributed by atoms with Crippen LogP contribution in [0.15, 0.2) is 60.9 Å². The lowest BCUT2D eigenvalue weighted by molar-refractivity contribution is -0.135. The summed E-state index contributed by atoms with van der Waals surface area (Å²) in [5.74, 6) is -1.53. The maximum absolute atomic E-state index is 12.5. The van der Waals surface area contributed by atoms with Crippen LogP contribution in [-0.4, -0.2) is 55.2 Å². The Morgan fingerprint density at radius 1 is 1.00 bits per heavy atom. The van der Waals surface area contributed by atoms with Crippen LogP contribution >= 0.6 is 0 Å². The Hall–Kier alpha value is -3.29. The lowest BCUT2D eigenvalue weighted by Crippen LogP contribution is -2.46. The van der Waals surface area contributed by atoms with Crippen LogP contribution < -0.4 is 5.01 Å². The number of ether oxygens (including phenoxy) is 2. The first-order valence-corrected chi connectivity index (χ1v) is 9.38. The van der Waals surface area contributed by atoms with Gasteiger partial charge in [-0.1, -0.05) is 24.3 Å². The Labute approximate surface area is 168 Å². The molecule has 7 nitrogen and oxygen atoms in total. The van der Waals surface area contributed by atoms with Crippen molar-refractivity contribution in [3.63, 3.8) is 0 Å². The maximum atomic E-state index is 12.5. The van der Waals surface area contributed by atoms with E-state index in [-0.39, 0.29) is 0 Å². The van der Waals surface area contributed by atoms with Crippen LogP contribution in [0.3, 0.4) is 0 Å². The molecule has 0 N–H and O–H groups in total. The molecule has 1 aliphatic rings. The summed E-state index contributed by atoms with van der Waals surface area (Å²) in [5, 5.41) is 5.90. The minimum absolute atomic E-state index is 0.327. The number of hydrogen-bond donors (Lipinski definition) is 0. The number of esters is 1. The van der Waals surface area contributed by atoms with Gasteiger partial charge in [0.25, 0.3) is 5.78 Å². The lowest BCUT2D eigenvalue weighted by atomic mass is 9.99. The fourth-order valence-corrected chi connectivity index (χ4v) is 3.56. The molecular formula is C22H21N3O4. The van der Waals surface area contributed by atoms with E-state index in [9.17, 15) is 9.59 Å². The molecule has 0 aliphatic carbocycles. The second-order valence-electron chi connectivity index (χ2n) is 6.58. The molecule has 0 atom stereocenters. The highest BCUT2D eigenvalue weighted by Crippen LogP contribution is 2.35. The molecule has 1 aliphatic heterocycles. The topological polar surface area (TPSA) is 72.0 Å². The molecule has 0 unspecified atom stereocenters. The molecule has 148 valence electrons. The van der Waals surface area contributed by atoms with Crippen LogP contribution in [0.2, 0.25) is 0 Å². The van der Waals surface area contributed by atoms with Gasteiger partial charge < -0.3 is 9.47 Å². The third kappa shape index (κ3) is 3.70. The van der Waals surface area contributed by atoms with Crippen molar-refractivity contribution >= 4 is 33.9 Å². The molecule has 0 amide bonds. The van der Waals surface area contributed by atoms with E-state index in [1.54, 1.807) is 18.5 Å². The highest BCUT2D eigenvalue weighted by atomic mass is 16.5. The predicted octanol–water partition coefficient (Wildman–Crippen LogP) is 2.98.